The molecule has 0 aliphatic heterocycles. The van der Waals surface area contributed by atoms with Crippen LogP contribution in [0.5, 0.6) is 0 Å². The number of benzene rings is 2. The van der Waals surface area contributed by atoms with E-state index in [0.29, 0.717) is 69.7 Å². The first kappa shape index (κ1) is 37.7. The third-order valence-corrected chi connectivity index (χ3v) is 13.1. The number of rotatable bonds is 11. The fourth-order valence-corrected chi connectivity index (χ4v) is 9.59. The Morgan fingerprint density at radius 3 is 1.79 bits per heavy atom. The van der Waals surface area contributed by atoms with E-state index in [9.17, 15) is 19.2 Å². The van der Waals surface area contributed by atoms with Gasteiger partial charge in [0.05, 0.1) is 32.3 Å². The van der Waals surface area contributed by atoms with Crippen LogP contribution in [0.15, 0.2) is 36.4 Å². The second-order valence-corrected chi connectivity index (χ2v) is 16.4. The fraction of sp³-hybridized carbons (Fsp3) is 0.538. The number of primary amides is 1. The zero-order valence-electron chi connectivity index (χ0n) is 30.4. The molecule has 2 heterocycles. The van der Waals surface area contributed by atoms with Crippen LogP contribution in [0.4, 0.5) is 4.79 Å². The van der Waals surface area contributed by atoms with E-state index in [2.05, 4.69) is 0 Å². The molecule has 2 aliphatic rings. The second kappa shape index (κ2) is 15.5. The summed E-state index contributed by atoms with van der Waals surface area (Å²) in [5, 5.41) is 1.51. The number of nitrogens with zero attached hydrogens (tertiary/aromatic N) is 2. The van der Waals surface area contributed by atoms with E-state index in [-0.39, 0.29) is 42.0 Å². The van der Waals surface area contributed by atoms with E-state index in [4.69, 9.17) is 34.6 Å². The molecule has 1 amide bonds. The van der Waals surface area contributed by atoms with Gasteiger partial charge in [0, 0.05) is 18.1 Å². The number of carbonyl (C=O) groups excluding carboxylic acids is 4. The molecule has 0 bridgehead atoms. The number of carbonyl (C=O) groups is 4. The van der Waals surface area contributed by atoms with Crippen LogP contribution < -0.4 is 5.73 Å². The third kappa shape index (κ3) is 7.95. The second-order valence-electron chi connectivity index (χ2n) is 14.3. The lowest BCUT2D eigenvalue weighted by atomic mass is 9.85. The maximum atomic E-state index is 13.7. The quantitative estimate of drug-likeness (QED) is 0.116. The normalized spacial score (nSPS) is 22.9. The van der Waals surface area contributed by atoms with Crippen LogP contribution in [-0.2, 0) is 44.5 Å². The summed E-state index contributed by atoms with van der Waals surface area (Å²) in [6, 6.07) is 11.9. The minimum absolute atomic E-state index is 0.169. The highest BCUT2D eigenvalue weighted by molar-refractivity contribution is 7.27. The molecule has 2 aromatic carbocycles. The standard InChI is InChI=1S/C39H47N3O8S2/c1-6-38(4,49-35(44)24-14-18-26(19-15-24)48-37(40)46)27-20-21-28(32-31(27)42-34(52-32)33-41-29-10-8-9-11-30(29)51-33)39(5,7-2)50-36(45)23-12-16-25(17-13-23)47-22(3)43/h8-11,20-21,23-26H,6-7,12-19H2,1-5H3,(H2,40,46). The van der Waals surface area contributed by atoms with Gasteiger partial charge in [-0.05, 0) is 90.2 Å². The van der Waals surface area contributed by atoms with Crippen LogP contribution in [0.2, 0.25) is 0 Å². The summed E-state index contributed by atoms with van der Waals surface area (Å²) in [5.41, 5.74) is 6.41. The van der Waals surface area contributed by atoms with E-state index >= 15 is 0 Å². The molecule has 2 unspecified atom stereocenters. The first-order chi connectivity index (χ1) is 24.8. The van der Waals surface area contributed by atoms with Crippen molar-refractivity contribution in [1.82, 2.24) is 9.97 Å². The molecule has 2 N–H and O–H groups in total. The van der Waals surface area contributed by atoms with Gasteiger partial charge in [-0.3, -0.25) is 14.4 Å². The van der Waals surface area contributed by atoms with Crippen molar-refractivity contribution in [2.24, 2.45) is 17.6 Å². The zero-order valence-corrected chi connectivity index (χ0v) is 32.0. The van der Waals surface area contributed by atoms with Gasteiger partial charge in [0.1, 0.15) is 23.4 Å². The summed E-state index contributed by atoms with van der Waals surface area (Å²) in [6.07, 6.45) is 4.35. The van der Waals surface area contributed by atoms with Crippen LogP contribution in [0.25, 0.3) is 30.4 Å². The Balaban J connectivity index is 1.33. The summed E-state index contributed by atoms with van der Waals surface area (Å²) in [5.74, 6) is -1.47. The minimum Gasteiger partial charge on any atom is -0.463 e. The van der Waals surface area contributed by atoms with Crippen molar-refractivity contribution in [3.05, 3.63) is 47.5 Å². The van der Waals surface area contributed by atoms with Crippen molar-refractivity contribution in [3.8, 4) is 10.0 Å². The van der Waals surface area contributed by atoms with Gasteiger partial charge >= 0.3 is 24.0 Å². The van der Waals surface area contributed by atoms with Crippen LogP contribution >= 0.6 is 22.7 Å². The molecule has 52 heavy (non-hydrogen) atoms. The maximum absolute atomic E-state index is 13.7. The van der Waals surface area contributed by atoms with Crippen molar-refractivity contribution < 1.29 is 38.1 Å². The van der Waals surface area contributed by atoms with Gasteiger partial charge in [-0.2, -0.15) is 0 Å². The number of para-hydroxylation sites is 1. The maximum Gasteiger partial charge on any atom is 0.404 e. The molecule has 0 radical (unpaired) electrons. The molecule has 2 aliphatic carbocycles. The van der Waals surface area contributed by atoms with E-state index < -0.39 is 17.3 Å². The largest absolute Gasteiger partial charge is 0.463 e. The summed E-state index contributed by atoms with van der Waals surface area (Å²) in [7, 11) is 0. The zero-order chi connectivity index (χ0) is 37.2. The smallest absolute Gasteiger partial charge is 0.404 e. The Morgan fingerprint density at radius 1 is 0.731 bits per heavy atom. The van der Waals surface area contributed by atoms with Gasteiger partial charge in [0.15, 0.2) is 10.0 Å². The Morgan fingerprint density at radius 2 is 1.25 bits per heavy atom. The molecule has 278 valence electrons. The molecule has 4 aromatic rings. The van der Waals surface area contributed by atoms with Gasteiger partial charge in [0.2, 0.25) is 0 Å². The first-order valence-electron chi connectivity index (χ1n) is 18.2. The van der Waals surface area contributed by atoms with Gasteiger partial charge in [-0.1, -0.05) is 38.1 Å². The monoisotopic (exact) mass is 749 g/mol. The molecule has 2 aromatic heterocycles. The van der Waals surface area contributed by atoms with E-state index in [1.807, 2.05) is 64.1 Å². The average Bonchev–Trinajstić information content (AvgIpc) is 3.76. The van der Waals surface area contributed by atoms with Gasteiger partial charge in [-0.15, -0.1) is 22.7 Å². The topological polar surface area (TPSA) is 157 Å². The third-order valence-electron chi connectivity index (χ3n) is 10.8. The van der Waals surface area contributed by atoms with Crippen molar-refractivity contribution >= 4 is 67.1 Å². The van der Waals surface area contributed by atoms with Crippen molar-refractivity contribution in [3.63, 3.8) is 0 Å². The molecule has 0 saturated heterocycles. The number of fused-ring (bicyclic) bond motifs is 2. The summed E-state index contributed by atoms with van der Waals surface area (Å²) in [6.45, 7) is 9.26. The lowest BCUT2D eigenvalue weighted by Crippen LogP contribution is -2.36. The molecule has 0 spiro atoms. The van der Waals surface area contributed by atoms with Crippen LogP contribution in [-0.4, -0.2) is 46.2 Å². The Labute approximate surface area is 311 Å². The lowest BCUT2D eigenvalue weighted by Gasteiger charge is -2.35. The number of nitrogens with two attached hydrogens (primary N) is 1. The molecule has 2 fully saturated rings. The van der Waals surface area contributed by atoms with Crippen LogP contribution in [0.3, 0.4) is 0 Å². The predicted molar refractivity (Wildman–Crippen MR) is 200 cm³/mol. The van der Waals surface area contributed by atoms with Gasteiger partial charge in [-0.25, -0.2) is 14.8 Å². The Hall–Kier alpha value is -4.10. The summed E-state index contributed by atoms with van der Waals surface area (Å²) in [4.78, 5) is 60.2. The lowest BCUT2D eigenvalue weighted by molar-refractivity contribution is -0.168. The molecule has 2 saturated carbocycles. The van der Waals surface area contributed by atoms with Crippen molar-refractivity contribution in [2.45, 2.75) is 122 Å². The van der Waals surface area contributed by atoms with Crippen molar-refractivity contribution in [2.75, 3.05) is 0 Å². The fourth-order valence-electron chi connectivity index (χ4n) is 7.38. The van der Waals surface area contributed by atoms with Gasteiger partial charge < -0.3 is 24.7 Å². The minimum atomic E-state index is -1.01. The van der Waals surface area contributed by atoms with Gasteiger partial charge in [0.25, 0.3) is 0 Å². The van der Waals surface area contributed by atoms with Crippen LogP contribution in [0.1, 0.15) is 110 Å². The number of hydrogen-bond acceptors (Lipinski definition) is 12. The number of thiazole rings is 2. The molecule has 11 nitrogen and oxygen atoms in total. The predicted octanol–water partition coefficient (Wildman–Crippen LogP) is 8.69. The average molecular weight is 750 g/mol. The Kier molecular flexibility index (Phi) is 11.2. The first-order valence-corrected chi connectivity index (χ1v) is 19.8. The highest BCUT2D eigenvalue weighted by atomic mass is 32.1. The number of amides is 1. The highest BCUT2D eigenvalue weighted by Crippen LogP contribution is 2.46. The Bertz CT molecular complexity index is 1820. The van der Waals surface area contributed by atoms with Crippen LogP contribution in [0, 0.1) is 11.8 Å². The summed E-state index contributed by atoms with van der Waals surface area (Å²) >= 11 is 3.07. The van der Waals surface area contributed by atoms with Crippen molar-refractivity contribution in [1.29, 1.82) is 0 Å². The van der Waals surface area contributed by atoms with E-state index in [1.165, 1.54) is 18.3 Å². The molecule has 13 heteroatoms. The molecular weight excluding hydrogens is 703 g/mol. The SMILES string of the molecule is CCC(C)(OC(=O)C1CCC(OC(N)=O)CC1)c1ccc(C(C)(CC)OC(=O)C2CCC(OC(C)=O)CC2)c2sc(-c3nc4ccccc4s3)nc12. The number of ether oxygens (including phenoxy) is 4. The molecule has 6 rings (SSSR count). The van der Waals surface area contributed by atoms with E-state index in [0.717, 1.165) is 36.1 Å². The number of esters is 3. The highest BCUT2D eigenvalue weighted by Gasteiger charge is 2.40. The molecular formula is C39H47N3O8S2. The summed E-state index contributed by atoms with van der Waals surface area (Å²) < 4.78 is 25.3. The number of aromatic nitrogens is 2. The van der Waals surface area contributed by atoms with E-state index in [1.54, 1.807) is 11.3 Å². The molecule has 2 atom stereocenters. The number of hydrogen-bond donors (Lipinski definition) is 1.